The molecule has 1 amide bonds. The summed E-state index contributed by atoms with van der Waals surface area (Å²) in [5.74, 6) is -0.000292. The topological polar surface area (TPSA) is 73.9 Å². The van der Waals surface area contributed by atoms with Crippen LogP contribution >= 0.6 is 0 Å². The predicted molar refractivity (Wildman–Crippen MR) is 109 cm³/mol. The molecule has 0 heterocycles. The first-order valence-electron chi connectivity index (χ1n) is 9.82. The van der Waals surface area contributed by atoms with Gasteiger partial charge < -0.3 is 19.5 Å². The highest BCUT2D eigenvalue weighted by molar-refractivity contribution is 5.92. The van der Waals surface area contributed by atoms with E-state index in [1.807, 2.05) is 6.92 Å². The van der Waals surface area contributed by atoms with Gasteiger partial charge in [-0.3, -0.25) is 4.79 Å². The van der Waals surface area contributed by atoms with Crippen molar-refractivity contribution >= 4 is 11.9 Å². The van der Waals surface area contributed by atoms with E-state index in [0.29, 0.717) is 11.5 Å². The average Bonchev–Trinajstić information content (AvgIpc) is 2.76. The molecule has 6 heteroatoms. The molecule has 0 spiro atoms. The largest absolute Gasteiger partial charge is 0.493 e. The van der Waals surface area contributed by atoms with Gasteiger partial charge in [0.05, 0.1) is 25.8 Å². The first-order valence-corrected chi connectivity index (χ1v) is 9.82. The van der Waals surface area contributed by atoms with Crippen LogP contribution in [-0.2, 0) is 22.4 Å². The van der Waals surface area contributed by atoms with E-state index in [4.69, 9.17) is 14.2 Å². The van der Waals surface area contributed by atoms with Gasteiger partial charge in [-0.2, -0.15) is 0 Å². The second-order valence-corrected chi connectivity index (χ2v) is 7.17. The van der Waals surface area contributed by atoms with Crippen LogP contribution in [0.5, 0.6) is 11.5 Å². The fourth-order valence-corrected chi connectivity index (χ4v) is 3.57. The highest BCUT2D eigenvalue weighted by Crippen LogP contribution is 2.28. The number of amides is 1. The first kappa shape index (κ1) is 20.7. The van der Waals surface area contributed by atoms with Crippen LogP contribution < -0.4 is 14.8 Å². The van der Waals surface area contributed by atoms with Crippen LogP contribution in [0.15, 0.2) is 36.4 Å². The smallest absolute Gasteiger partial charge is 0.338 e. The van der Waals surface area contributed by atoms with Crippen molar-refractivity contribution < 1.29 is 23.8 Å². The summed E-state index contributed by atoms with van der Waals surface area (Å²) < 4.78 is 15.5. The lowest BCUT2D eigenvalue weighted by Gasteiger charge is -2.20. The SMILES string of the molecule is COc1ccc(C(=O)OCC(=O)NC(C)c2ccc3c(c2)CCCC3)cc1OC. The van der Waals surface area contributed by atoms with E-state index in [0.717, 1.165) is 18.4 Å². The summed E-state index contributed by atoms with van der Waals surface area (Å²) in [5.41, 5.74) is 4.13. The number of carbonyl (C=O) groups excluding carboxylic acids is 2. The highest BCUT2D eigenvalue weighted by atomic mass is 16.5. The molecule has 0 saturated carbocycles. The lowest BCUT2D eigenvalue weighted by atomic mass is 9.89. The van der Waals surface area contributed by atoms with Crippen LogP contribution in [0.3, 0.4) is 0 Å². The van der Waals surface area contributed by atoms with Crippen molar-refractivity contribution in [2.45, 2.75) is 38.6 Å². The summed E-state index contributed by atoms with van der Waals surface area (Å²) in [4.78, 5) is 24.5. The lowest BCUT2D eigenvalue weighted by molar-refractivity contribution is -0.124. The van der Waals surface area contributed by atoms with Gasteiger partial charge in [0.1, 0.15) is 0 Å². The summed E-state index contributed by atoms with van der Waals surface area (Å²) in [6, 6.07) is 10.9. The fraction of sp³-hybridized carbons (Fsp3) is 0.391. The van der Waals surface area contributed by atoms with Gasteiger partial charge in [-0.15, -0.1) is 0 Å². The molecule has 3 rings (SSSR count). The van der Waals surface area contributed by atoms with Crippen molar-refractivity contribution in [2.75, 3.05) is 20.8 Å². The number of benzene rings is 2. The van der Waals surface area contributed by atoms with Crippen LogP contribution in [0.25, 0.3) is 0 Å². The Balaban J connectivity index is 1.55. The molecule has 0 bridgehead atoms. The Morgan fingerprint density at radius 2 is 1.69 bits per heavy atom. The minimum absolute atomic E-state index is 0.158. The summed E-state index contributed by atoms with van der Waals surface area (Å²) in [6.07, 6.45) is 4.67. The number of esters is 1. The summed E-state index contributed by atoms with van der Waals surface area (Å²) in [7, 11) is 3.01. The van der Waals surface area contributed by atoms with Crippen molar-refractivity contribution in [1.29, 1.82) is 0 Å². The van der Waals surface area contributed by atoms with Crippen LogP contribution in [0.4, 0.5) is 0 Å². The number of carbonyl (C=O) groups is 2. The number of ether oxygens (including phenoxy) is 3. The molecule has 2 aromatic rings. The minimum Gasteiger partial charge on any atom is -0.493 e. The minimum atomic E-state index is -0.595. The van der Waals surface area contributed by atoms with E-state index in [9.17, 15) is 9.59 Å². The number of fused-ring (bicyclic) bond motifs is 1. The first-order chi connectivity index (χ1) is 14.0. The Bertz CT molecular complexity index is 893. The van der Waals surface area contributed by atoms with E-state index >= 15 is 0 Å². The monoisotopic (exact) mass is 397 g/mol. The van der Waals surface area contributed by atoms with Crippen molar-refractivity contribution in [3.05, 3.63) is 58.7 Å². The summed E-state index contributed by atoms with van der Waals surface area (Å²) >= 11 is 0. The fourth-order valence-electron chi connectivity index (χ4n) is 3.57. The van der Waals surface area contributed by atoms with E-state index in [2.05, 4.69) is 23.5 Å². The standard InChI is InChI=1S/C23H27NO5/c1-15(17-9-8-16-6-4-5-7-18(16)12-17)24-22(25)14-29-23(26)19-10-11-20(27-2)21(13-19)28-3/h8-13,15H,4-7,14H2,1-3H3,(H,24,25). The Kier molecular flexibility index (Phi) is 6.75. The van der Waals surface area contributed by atoms with Crippen molar-refractivity contribution in [1.82, 2.24) is 5.32 Å². The molecule has 154 valence electrons. The molecule has 0 saturated heterocycles. The lowest BCUT2D eigenvalue weighted by Crippen LogP contribution is -2.31. The number of aryl methyl sites for hydroxylation is 2. The molecule has 0 radical (unpaired) electrons. The van der Waals surface area contributed by atoms with E-state index < -0.39 is 5.97 Å². The number of rotatable bonds is 7. The van der Waals surface area contributed by atoms with E-state index in [-0.39, 0.29) is 24.1 Å². The quantitative estimate of drug-likeness (QED) is 0.723. The zero-order valence-electron chi connectivity index (χ0n) is 17.1. The van der Waals surface area contributed by atoms with Gasteiger partial charge in [0.15, 0.2) is 18.1 Å². The molecule has 0 aliphatic heterocycles. The third-order valence-corrected chi connectivity index (χ3v) is 5.20. The maximum Gasteiger partial charge on any atom is 0.338 e. The molecule has 1 unspecified atom stereocenters. The zero-order valence-corrected chi connectivity index (χ0v) is 17.1. The molecule has 2 aromatic carbocycles. The number of hydrogen-bond acceptors (Lipinski definition) is 5. The highest BCUT2D eigenvalue weighted by Gasteiger charge is 2.17. The molecular weight excluding hydrogens is 370 g/mol. The summed E-state index contributed by atoms with van der Waals surface area (Å²) in [6.45, 7) is 1.58. The third kappa shape index (κ3) is 5.08. The average molecular weight is 397 g/mol. The van der Waals surface area contributed by atoms with Gasteiger partial charge in [0, 0.05) is 0 Å². The maximum absolute atomic E-state index is 12.2. The van der Waals surface area contributed by atoms with Crippen LogP contribution in [0.1, 0.15) is 52.9 Å². The van der Waals surface area contributed by atoms with Gasteiger partial charge in [0.2, 0.25) is 0 Å². The Labute approximate surface area is 171 Å². The van der Waals surface area contributed by atoms with Crippen molar-refractivity contribution in [2.24, 2.45) is 0 Å². The Hall–Kier alpha value is -3.02. The second-order valence-electron chi connectivity index (χ2n) is 7.17. The molecule has 1 atom stereocenters. The number of hydrogen-bond donors (Lipinski definition) is 1. The van der Waals surface area contributed by atoms with Gasteiger partial charge >= 0.3 is 5.97 Å². The van der Waals surface area contributed by atoms with Gasteiger partial charge in [-0.25, -0.2) is 4.79 Å². The second kappa shape index (κ2) is 9.45. The van der Waals surface area contributed by atoms with Crippen molar-refractivity contribution in [3.8, 4) is 11.5 Å². The van der Waals surface area contributed by atoms with E-state index in [1.165, 1.54) is 44.3 Å². The van der Waals surface area contributed by atoms with Crippen LogP contribution in [0.2, 0.25) is 0 Å². The van der Waals surface area contributed by atoms with Crippen LogP contribution in [0, 0.1) is 0 Å². The maximum atomic E-state index is 12.2. The van der Waals surface area contributed by atoms with Gasteiger partial charge in [-0.1, -0.05) is 18.2 Å². The Morgan fingerprint density at radius 1 is 0.966 bits per heavy atom. The molecule has 1 aliphatic carbocycles. The van der Waals surface area contributed by atoms with E-state index in [1.54, 1.807) is 12.1 Å². The molecule has 0 fully saturated rings. The zero-order chi connectivity index (χ0) is 20.8. The normalized spacial score (nSPS) is 13.8. The molecular formula is C23H27NO5. The number of methoxy groups -OCH3 is 2. The number of nitrogens with one attached hydrogen (secondary N) is 1. The third-order valence-electron chi connectivity index (χ3n) is 5.20. The Morgan fingerprint density at radius 3 is 2.41 bits per heavy atom. The molecule has 6 nitrogen and oxygen atoms in total. The molecule has 1 N–H and O–H groups in total. The van der Waals surface area contributed by atoms with Crippen molar-refractivity contribution in [3.63, 3.8) is 0 Å². The molecule has 0 aromatic heterocycles. The predicted octanol–water partition coefficient (Wildman–Crippen LogP) is 3.62. The van der Waals surface area contributed by atoms with Crippen LogP contribution in [-0.4, -0.2) is 32.7 Å². The summed E-state index contributed by atoms with van der Waals surface area (Å²) in [5, 5.41) is 2.89. The molecule has 1 aliphatic rings. The van der Waals surface area contributed by atoms with Gasteiger partial charge in [-0.05, 0) is 67.5 Å². The molecule has 29 heavy (non-hydrogen) atoms. The van der Waals surface area contributed by atoms with Gasteiger partial charge in [0.25, 0.3) is 5.91 Å².